The van der Waals surface area contributed by atoms with E-state index >= 15 is 0 Å². The Morgan fingerprint density at radius 2 is 2.23 bits per heavy atom. The molecule has 2 rings (SSSR count). The van der Waals surface area contributed by atoms with Crippen molar-refractivity contribution in [1.82, 2.24) is 25.4 Å². The van der Waals surface area contributed by atoms with E-state index in [2.05, 4.69) is 32.7 Å². The summed E-state index contributed by atoms with van der Waals surface area (Å²) < 4.78 is 7.58. The van der Waals surface area contributed by atoms with E-state index in [-0.39, 0.29) is 24.0 Å². The highest BCUT2D eigenvalue weighted by atomic mass is 127. The normalized spacial score (nSPS) is 18.1. The number of aromatic nitrogens is 3. The van der Waals surface area contributed by atoms with Crippen molar-refractivity contribution < 1.29 is 4.74 Å². The largest absolute Gasteiger partial charge is 0.376 e. The Bertz CT molecular complexity index is 470. The van der Waals surface area contributed by atoms with E-state index in [0.717, 1.165) is 56.6 Å². The third-order valence-electron chi connectivity index (χ3n) is 3.62. The first-order valence-electron chi connectivity index (χ1n) is 7.69. The number of hydrogen-bond acceptors (Lipinski definition) is 4. The quantitative estimate of drug-likeness (QED) is 0.412. The molecule has 22 heavy (non-hydrogen) atoms. The monoisotopic (exact) mass is 422 g/mol. The highest BCUT2D eigenvalue weighted by molar-refractivity contribution is 14.0. The summed E-state index contributed by atoms with van der Waals surface area (Å²) in [6.45, 7) is 7.16. The van der Waals surface area contributed by atoms with Gasteiger partial charge < -0.3 is 19.9 Å². The molecule has 0 spiro atoms. The molecule has 1 unspecified atom stereocenters. The number of hydrogen-bond donors (Lipinski definition) is 2. The molecule has 0 aliphatic carbocycles. The van der Waals surface area contributed by atoms with Crippen LogP contribution in [0.2, 0.25) is 0 Å². The molecule has 0 amide bonds. The van der Waals surface area contributed by atoms with Gasteiger partial charge in [-0.05, 0) is 26.2 Å². The molecule has 0 saturated carbocycles. The van der Waals surface area contributed by atoms with Gasteiger partial charge in [0.15, 0.2) is 11.8 Å². The van der Waals surface area contributed by atoms with Crippen molar-refractivity contribution in [3.63, 3.8) is 0 Å². The van der Waals surface area contributed by atoms with Crippen molar-refractivity contribution in [3.8, 4) is 0 Å². The minimum Gasteiger partial charge on any atom is -0.376 e. The van der Waals surface area contributed by atoms with Gasteiger partial charge in [0.05, 0.1) is 6.10 Å². The lowest BCUT2D eigenvalue weighted by atomic mass is 10.2. The molecular formula is C14H27IN6O. The fourth-order valence-electron chi connectivity index (χ4n) is 2.17. The van der Waals surface area contributed by atoms with E-state index < -0.39 is 0 Å². The van der Waals surface area contributed by atoms with Gasteiger partial charge in [0.2, 0.25) is 0 Å². The average Bonchev–Trinajstić information content (AvgIpc) is 3.11. The smallest absolute Gasteiger partial charge is 0.191 e. The second-order valence-electron chi connectivity index (χ2n) is 5.33. The molecule has 2 heterocycles. The van der Waals surface area contributed by atoms with Crippen LogP contribution in [0.3, 0.4) is 0 Å². The Labute approximate surface area is 149 Å². The van der Waals surface area contributed by atoms with Crippen LogP contribution in [0.4, 0.5) is 0 Å². The molecule has 1 aliphatic rings. The second kappa shape index (κ2) is 9.98. The molecule has 2 N–H and O–H groups in total. The fraction of sp³-hybridized carbons (Fsp3) is 0.786. The van der Waals surface area contributed by atoms with Gasteiger partial charge in [-0.1, -0.05) is 6.92 Å². The third-order valence-corrected chi connectivity index (χ3v) is 3.62. The van der Waals surface area contributed by atoms with Crippen molar-refractivity contribution in [1.29, 1.82) is 0 Å². The van der Waals surface area contributed by atoms with Crippen molar-refractivity contribution in [2.75, 3.05) is 19.7 Å². The predicted octanol–water partition coefficient (Wildman–Crippen LogP) is 1.37. The van der Waals surface area contributed by atoms with Crippen molar-refractivity contribution in [3.05, 3.63) is 11.6 Å². The maximum atomic E-state index is 5.62. The van der Waals surface area contributed by atoms with Crippen LogP contribution in [0.25, 0.3) is 0 Å². The zero-order valence-electron chi connectivity index (χ0n) is 13.6. The molecule has 0 bridgehead atoms. The molecule has 7 nitrogen and oxygen atoms in total. The Hall–Kier alpha value is -0.900. The van der Waals surface area contributed by atoms with E-state index in [1.54, 1.807) is 0 Å². The number of ether oxygens (including phenoxy) is 1. The summed E-state index contributed by atoms with van der Waals surface area (Å²) in [6, 6.07) is 0. The van der Waals surface area contributed by atoms with Crippen LogP contribution in [-0.2, 0) is 18.3 Å². The summed E-state index contributed by atoms with van der Waals surface area (Å²) in [4.78, 5) is 4.58. The van der Waals surface area contributed by atoms with Gasteiger partial charge in [-0.2, -0.15) is 0 Å². The first kappa shape index (κ1) is 19.1. The number of halogens is 1. The Morgan fingerprint density at radius 3 is 2.82 bits per heavy atom. The van der Waals surface area contributed by atoms with Gasteiger partial charge in [-0.25, -0.2) is 4.99 Å². The maximum Gasteiger partial charge on any atom is 0.191 e. The van der Waals surface area contributed by atoms with Gasteiger partial charge in [-0.15, -0.1) is 34.2 Å². The fourth-order valence-corrected chi connectivity index (χ4v) is 2.17. The Kier molecular flexibility index (Phi) is 8.69. The van der Waals surface area contributed by atoms with Gasteiger partial charge >= 0.3 is 0 Å². The van der Waals surface area contributed by atoms with Crippen molar-refractivity contribution >= 4 is 29.9 Å². The first-order valence-corrected chi connectivity index (χ1v) is 7.69. The lowest BCUT2D eigenvalue weighted by Crippen LogP contribution is -2.41. The number of aliphatic imine (C=N–C) groups is 1. The molecule has 1 aliphatic heterocycles. The van der Waals surface area contributed by atoms with Crippen LogP contribution < -0.4 is 10.6 Å². The molecular weight excluding hydrogens is 395 g/mol. The minimum atomic E-state index is 0. The molecule has 1 atom stereocenters. The van der Waals surface area contributed by atoms with Crippen molar-refractivity contribution in [2.24, 2.45) is 12.0 Å². The van der Waals surface area contributed by atoms with Crippen LogP contribution in [0.15, 0.2) is 4.99 Å². The van der Waals surface area contributed by atoms with Crippen LogP contribution in [0.5, 0.6) is 0 Å². The SMILES string of the molecule is CCCNC(=NCc1nnc(C)n1C)NCC1CCCO1.I. The summed E-state index contributed by atoms with van der Waals surface area (Å²) in [7, 11) is 1.96. The summed E-state index contributed by atoms with van der Waals surface area (Å²) in [5.41, 5.74) is 0. The molecule has 126 valence electrons. The lowest BCUT2D eigenvalue weighted by Gasteiger charge is -2.15. The summed E-state index contributed by atoms with van der Waals surface area (Å²) in [5, 5.41) is 14.8. The van der Waals surface area contributed by atoms with E-state index in [1.807, 2.05) is 18.5 Å². The van der Waals surface area contributed by atoms with E-state index in [4.69, 9.17) is 4.74 Å². The Balaban J connectivity index is 0.00000242. The molecule has 1 fully saturated rings. The second-order valence-corrected chi connectivity index (χ2v) is 5.33. The molecule has 1 aromatic heterocycles. The van der Waals surface area contributed by atoms with Crippen LogP contribution in [0, 0.1) is 6.92 Å². The average molecular weight is 422 g/mol. The van der Waals surface area contributed by atoms with Crippen LogP contribution in [-0.4, -0.2) is 46.5 Å². The zero-order valence-corrected chi connectivity index (χ0v) is 16.0. The number of guanidine groups is 1. The van der Waals surface area contributed by atoms with Crippen LogP contribution >= 0.6 is 24.0 Å². The standard InChI is InChI=1S/C14H26N6O.HI/c1-4-7-15-14(16-9-12-6-5-8-21-12)17-10-13-19-18-11(2)20(13)3;/h12H,4-10H2,1-3H3,(H2,15,16,17);1H. The molecule has 1 saturated heterocycles. The number of nitrogens with one attached hydrogen (secondary N) is 2. The van der Waals surface area contributed by atoms with Crippen molar-refractivity contribution in [2.45, 2.75) is 45.8 Å². The molecule has 0 aromatic carbocycles. The van der Waals surface area contributed by atoms with Crippen LogP contribution in [0.1, 0.15) is 37.8 Å². The van der Waals surface area contributed by atoms with E-state index in [1.165, 1.54) is 0 Å². The highest BCUT2D eigenvalue weighted by Gasteiger charge is 2.15. The molecule has 1 aromatic rings. The predicted molar refractivity (Wildman–Crippen MR) is 97.6 cm³/mol. The summed E-state index contributed by atoms with van der Waals surface area (Å²) in [6.07, 6.45) is 3.63. The zero-order chi connectivity index (χ0) is 15.1. The number of rotatable bonds is 6. The number of aryl methyl sites for hydroxylation is 1. The Morgan fingerprint density at radius 1 is 1.41 bits per heavy atom. The minimum absolute atomic E-state index is 0. The maximum absolute atomic E-state index is 5.62. The van der Waals surface area contributed by atoms with E-state index in [9.17, 15) is 0 Å². The van der Waals surface area contributed by atoms with Gasteiger partial charge in [0.1, 0.15) is 12.4 Å². The van der Waals surface area contributed by atoms with Gasteiger partial charge in [0.25, 0.3) is 0 Å². The molecule has 8 heteroatoms. The van der Waals surface area contributed by atoms with Gasteiger partial charge in [-0.3, -0.25) is 0 Å². The molecule has 0 radical (unpaired) electrons. The lowest BCUT2D eigenvalue weighted by molar-refractivity contribution is 0.114. The summed E-state index contributed by atoms with van der Waals surface area (Å²) >= 11 is 0. The highest BCUT2D eigenvalue weighted by Crippen LogP contribution is 2.10. The summed E-state index contributed by atoms with van der Waals surface area (Å²) in [5.74, 6) is 2.57. The first-order chi connectivity index (χ1) is 10.2. The number of nitrogens with zero attached hydrogens (tertiary/aromatic N) is 4. The van der Waals surface area contributed by atoms with E-state index in [0.29, 0.717) is 12.6 Å². The topological polar surface area (TPSA) is 76.4 Å². The van der Waals surface area contributed by atoms with Gasteiger partial charge in [0, 0.05) is 26.7 Å². The third kappa shape index (κ3) is 5.71.